The quantitative estimate of drug-likeness (QED) is 0.764. The molecule has 1 heterocycles. The van der Waals surface area contributed by atoms with Crippen molar-refractivity contribution in [3.63, 3.8) is 0 Å². The summed E-state index contributed by atoms with van der Waals surface area (Å²) >= 11 is 0. The number of rotatable bonds is 4. The third-order valence-corrected chi connectivity index (χ3v) is 3.16. The first-order valence-electron chi connectivity index (χ1n) is 6.11. The third-order valence-electron chi connectivity index (χ3n) is 3.16. The van der Waals surface area contributed by atoms with Gasteiger partial charge in [-0.1, -0.05) is 13.8 Å². The zero-order valence-electron chi connectivity index (χ0n) is 10.00. The zero-order valence-corrected chi connectivity index (χ0v) is 10.00. The highest BCUT2D eigenvalue weighted by molar-refractivity contribution is 4.92. The first kappa shape index (κ1) is 12.5. The van der Waals surface area contributed by atoms with E-state index in [4.69, 9.17) is 5.26 Å². The molecule has 0 aliphatic carbocycles. The van der Waals surface area contributed by atoms with Crippen molar-refractivity contribution >= 4 is 0 Å². The van der Waals surface area contributed by atoms with Crippen molar-refractivity contribution in [1.82, 2.24) is 10.2 Å². The van der Waals surface area contributed by atoms with Gasteiger partial charge in [0.05, 0.1) is 6.07 Å². The second kappa shape index (κ2) is 6.81. The van der Waals surface area contributed by atoms with E-state index in [1.54, 1.807) is 0 Å². The van der Waals surface area contributed by atoms with E-state index in [1.165, 1.54) is 19.3 Å². The van der Waals surface area contributed by atoms with E-state index in [-0.39, 0.29) is 6.04 Å². The molecule has 1 N–H and O–H groups in total. The molecule has 1 aliphatic heterocycles. The molecule has 2 unspecified atom stereocenters. The Kier molecular flexibility index (Phi) is 5.67. The molecule has 0 radical (unpaired) electrons. The van der Waals surface area contributed by atoms with E-state index in [1.807, 2.05) is 0 Å². The summed E-state index contributed by atoms with van der Waals surface area (Å²) in [4.78, 5) is 2.43. The molecule has 3 nitrogen and oxygen atoms in total. The summed E-state index contributed by atoms with van der Waals surface area (Å²) in [5.41, 5.74) is 0. The van der Waals surface area contributed by atoms with Gasteiger partial charge in [0, 0.05) is 6.54 Å². The molecule has 3 heteroatoms. The summed E-state index contributed by atoms with van der Waals surface area (Å²) < 4.78 is 0. The fraction of sp³-hybridized carbons (Fsp3) is 0.917. The van der Waals surface area contributed by atoms with E-state index in [2.05, 4.69) is 30.1 Å². The van der Waals surface area contributed by atoms with Gasteiger partial charge in [-0.25, -0.2) is 0 Å². The first-order valence-corrected chi connectivity index (χ1v) is 6.11. The number of likely N-dealkylation sites (N-methyl/N-ethyl adjacent to an activating group) is 1. The van der Waals surface area contributed by atoms with Gasteiger partial charge in [0.2, 0.25) is 0 Å². The lowest BCUT2D eigenvalue weighted by molar-refractivity contribution is 0.265. The number of hydrogen-bond donors (Lipinski definition) is 1. The summed E-state index contributed by atoms with van der Waals surface area (Å²) in [6.45, 7) is 8.46. The van der Waals surface area contributed by atoms with Crippen LogP contribution in [0, 0.1) is 17.2 Å². The van der Waals surface area contributed by atoms with E-state index in [0.29, 0.717) is 0 Å². The molecule has 86 valence electrons. The Hall–Kier alpha value is -0.590. The maximum atomic E-state index is 8.97. The van der Waals surface area contributed by atoms with Crippen LogP contribution in [-0.2, 0) is 0 Å². The number of nitriles is 1. The van der Waals surface area contributed by atoms with Gasteiger partial charge in [0.1, 0.15) is 6.04 Å². The number of nitrogens with zero attached hydrogens (tertiary/aromatic N) is 2. The maximum absolute atomic E-state index is 8.97. The summed E-state index contributed by atoms with van der Waals surface area (Å²) in [6, 6.07) is 2.33. The molecule has 1 saturated heterocycles. The molecule has 0 amide bonds. The van der Waals surface area contributed by atoms with Crippen LogP contribution in [0.2, 0.25) is 0 Å². The molecular weight excluding hydrogens is 186 g/mol. The van der Waals surface area contributed by atoms with Gasteiger partial charge in [0.15, 0.2) is 0 Å². The molecule has 2 atom stereocenters. The molecule has 1 fully saturated rings. The molecule has 0 aromatic rings. The van der Waals surface area contributed by atoms with Crippen LogP contribution in [0.5, 0.6) is 0 Å². The van der Waals surface area contributed by atoms with Gasteiger partial charge in [-0.2, -0.15) is 5.26 Å². The fourth-order valence-electron chi connectivity index (χ4n) is 2.16. The van der Waals surface area contributed by atoms with Crippen LogP contribution in [0.15, 0.2) is 0 Å². The lowest BCUT2D eigenvalue weighted by atomic mass is 10.0. The topological polar surface area (TPSA) is 39.1 Å². The standard InChI is InChI=1S/C12H23N3/c1-3-14-12(9-13)10-15-7-4-5-11(2)6-8-15/h11-12,14H,3-8,10H2,1-2H3. The summed E-state index contributed by atoms with van der Waals surface area (Å²) in [5, 5.41) is 12.2. The molecule has 0 spiro atoms. The Bertz CT molecular complexity index is 209. The number of likely N-dealkylation sites (tertiary alicyclic amines) is 1. The highest BCUT2D eigenvalue weighted by Gasteiger charge is 2.16. The molecular formula is C12H23N3. The minimum atomic E-state index is 0.00315. The van der Waals surface area contributed by atoms with Crippen molar-refractivity contribution in [2.24, 2.45) is 5.92 Å². The van der Waals surface area contributed by atoms with Crippen LogP contribution >= 0.6 is 0 Å². The predicted octanol–water partition coefficient (Wildman–Crippen LogP) is 1.61. The second-order valence-electron chi connectivity index (χ2n) is 4.58. The van der Waals surface area contributed by atoms with Crippen LogP contribution in [0.25, 0.3) is 0 Å². The van der Waals surface area contributed by atoms with E-state index < -0.39 is 0 Å². The smallest absolute Gasteiger partial charge is 0.108 e. The summed E-state index contributed by atoms with van der Waals surface area (Å²) in [6.07, 6.45) is 3.91. The zero-order chi connectivity index (χ0) is 11.1. The summed E-state index contributed by atoms with van der Waals surface area (Å²) in [7, 11) is 0. The minimum Gasteiger partial charge on any atom is -0.301 e. The van der Waals surface area contributed by atoms with Crippen LogP contribution in [0.4, 0.5) is 0 Å². The van der Waals surface area contributed by atoms with E-state index in [0.717, 1.165) is 32.1 Å². The molecule has 1 aliphatic rings. The van der Waals surface area contributed by atoms with Gasteiger partial charge in [-0.05, 0) is 44.8 Å². The highest BCUT2D eigenvalue weighted by atomic mass is 15.1. The molecule has 0 aromatic heterocycles. The Morgan fingerprint density at radius 1 is 1.47 bits per heavy atom. The molecule has 0 aromatic carbocycles. The molecule has 0 saturated carbocycles. The predicted molar refractivity (Wildman–Crippen MR) is 62.5 cm³/mol. The molecule has 15 heavy (non-hydrogen) atoms. The Morgan fingerprint density at radius 2 is 2.27 bits per heavy atom. The SMILES string of the molecule is CCNC(C#N)CN1CCCC(C)CC1. The number of nitrogens with one attached hydrogen (secondary N) is 1. The van der Waals surface area contributed by atoms with Crippen molar-refractivity contribution in [1.29, 1.82) is 5.26 Å². The second-order valence-corrected chi connectivity index (χ2v) is 4.58. The van der Waals surface area contributed by atoms with Crippen molar-refractivity contribution in [2.75, 3.05) is 26.2 Å². The number of hydrogen-bond acceptors (Lipinski definition) is 3. The van der Waals surface area contributed by atoms with Crippen LogP contribution in [0.3, 0.4) is 0 Å². The minimum absolute atomic E-state index is 0.00315. The lowest BCUT2D eigenvalue weighted by Gasteiger charge is -2.22. The average Bonchev–Trinajstić information content (AvgIpc) is 2.43. The molecule has 1 rings (SSSR count). The van der Waals surface area contributed by atoms with Gasteiger partial charge in [-0.15, -0.1) is 0 Å². The van der Waals surface area contributed by atoms with Crippen molar-refractivity contribution < 1.29 is 0 Å². The van der Waals surface area contributed by atoms with Gasteiger partial charge in [0.25, 0.3) is 0 Å². The van der Waals surface area contributed by atoms with Crippen molar-refractivity contribution in [3.05, 3.63) is 0 Å². The van der Waals surface area contributed by atoms with Crippen molar-refractivity contribution in [2.45, 2.75) is 39.2 Å². The summed E-state index contributed by atoms with van der Waals surface area (Å²) in [5.74, 6) is 0.856. The highest BCUT2D eigenvalue weighted by Crippen LogP contribution is 2.16. The third kappa shape index (κ3) is 4.63. The van der Waals surface area contributed by atoms with Crippen LogP contribution < -0.4 is 5.32 Å². The van der Waals surface area contributed by atoms with Gasteiger partial charge in [-0.3, -0.25) is 0 Å². The monoisotopic (exact) mass is 209 g/mol. The van der Waals surface area contributed by atoms with Crippen LogP contribution in [-0.4, -0.2) is 37.1 Å². The average molecular weight is 209 g/mol. The normalized spacial score (nSPS) is 25.5. The maximum Gasteiger partial charge on any atom is 0.108 e. The van der Waals surface area contributed by atoms with Gasteiger partial charge >= 0.3 is 0 Å². The van der Waals surface area contributed by atoms with Crippen molar-refractivity contribution in [3.8, 4) is 6.07 Å². The van der Waals surface area contributed by atoms with E-state index in [9.17, 15) is 0 Å². The van der Waals surface area contributed by atoms with Gasteiger partial charge < -0.3 is 10.2 Å². The Balaban J connectivity index is 2.33. The largest absolute Gasteiger partial charge is 0.301 e. The Labute approximate surface area is 93.5 Å². The Morgan fingerprint density at radius 3 is 2.93 bits per heavy atom. The van der Waals surface area contributed by atoms with E-state index >= 15 is 0 Å². The first-order chi connectivity index (χ1) is 7.26. The molecule has 0 bridgehead atoms. The van der Waals surface area contributed by atoms with Crippen LogP contribution in [0.1, 0.15) is 33.1 Å². The lowest BCUT2D eigenvalue weighted by Crippen LogP contribution is -2.40. The fourth-order valence-corrected chi connectivity index (χ4v) is 2.16.